The minimum absolute atomic E-state index is 1.04. The van der Waals surface area contributed by atoms with Crippen LogP contribution in [0.25, 0.3) is 16.7 Å². The molecule has 3 aromatic rings. The topological polar surface area (TPSA) is 0 Å². The number of rotatable bonds is 7. The summed E-state index contributed by atoms with van der Waals surface area (Å²) in [6.07, 6.45) is 7.73. The van der Waals surface area contributed by atoms with Gasteiger partial charge in [-0.1, -0.05) is 110 Å². The average Bonchev–Trinajstić information content (AvgIpc) is 2.72. The van der Waals surface area contributed by atoms with Gasteiger partial charge in [0.05, 0.1) is 0 Å². The van der Waals surface area contributed by atoms with Crippen molar-refractivity contribution in [1.29, 1.82) is 0 Å². The Morgan fingerprint density at radius 1 is 0.654 bits per heavy atom. The molecule has 0 bridgehead atoms. The minimum Gasteiger partial charge on any atom is -0.0990 e. The second kappa shape index (κ2) is 8.82. The minimum atomic E-state index is 1.04. The van der Waals surface area contributed by atoms with Crippen LogP contribution in [-0.2, 0) is 12.8 Å². The van der Waals surface area contributed by atoms with E-state index < -0.39 is 0 Å². The Bertz CT molecular complexity index is 879. The van der Waals surface area contributed by atoms with E-state index in [4.69, 9.17) is 0 Å². The largest absolute Gasteiger partial charge is 0.0990 e. The molecule has 0 spiro atoms. The highest BCUT2D eigenvalue weighted by molar-refractivity contribution is 5.74. The summed E-state index contributed by atoms with van der Waals surface area (Å²) < 4.78 is 0. The lowest BCUT2D eigenvalue weighted by atomic mass is 9.98. The molecule has 0 fully saturated rings. The lowest BCUT2D eigenvalue weighted by Crippen LogP contribution is -1.92. The number of allylic oxidation sites excluding steroid dienone is 4. The predicted octanol–water partition coefficient (Wildman–Crippen LogP) is 6.89. The Morgan fingerprint density at radius 2 is 1.19 bits per heavy atom. The molecule has 0 aromatic heterocycles. The van der Waals surface area contributed by atoms with Crippen molar-refractivity contribution in [2.45, 2.75) is 12.8 Å². The Labute approximate surface area is 156 Å². The molecule has 0 N–H and O–H groups in total. The van der Waals surface area contributed by atoms with Crippen LogP contribution in [0.3, 0.4) is 0 Å². The van der Waals surface area contributed by atoms with Crippen molar-refractivity contribution in [2.75, 3.05) is 0 Å². The van der Waals surface area contributed by atoms with Gasteiger partial charge in [0.15, 0.2) is 0 Å². The van der Waals surface area contributed by atoms with E-state index in [-0.39, 0.29) is 0 Å². The highest BCUT2D eigenvalue weighted by Crippen LogP contribution is 2.21. The van der Waals surface area contributed by atoms with Crippen LogP contribution in [0.15, 0.2) is 110 Å². The molecule has 3 rings (SSSR count). The molecule has 0 aliphatic carbocycles. The lowest BCUT2D eigenvalue weighted by Gasteiger charge is -2.07. The second-order valence-corrected chi connectivity index (χ2v) is 6.32. The van der Waals surface area contributed by atoms with Gasteiger partial charge < -0.3 is 0 Å². The molecular weight excluding hydrogens is 312 g/mol. The zero-order chi connectivity index (χ0) is 18.2. The van der Waals surface area contributed by atoms with Crippen LogP contribution in [0.1, 0.15) is 16.7 Å². The molecule has 0 heterocycles. The van der Waals surface area contributed by atoms with E-state index in [1.165, 1.54) is 27.8 Å². The molecule has 0 radical (unpaired) electrons. The van der Waals surface area contributed by atoms with E-state index in [0.29, 0.717) is 0 Å². The number of aryl methyl sites for hydroxylation is 2. The number of hydrogen-bond donors (Lipinski definition) is 0. The second-order valence-electron chi connectivity index (χ2n) is 6.32. The fourth-order valence-corrected chi connectivity index (χ4v) is 3.06. The monoisotopic (exact) mass is 336 g/mol. The van der Waals surface area contributed by atoms with Gasteiger partial charge >= 0.3 is 0 Å². The van der Waals surface area contributed by atoms with Crippen molar-refractivity contribution < 1.29 is 0 Å². The van der Waals surface area contributed by atoms with E-state index >= 15 is 0 Å². The molecule has 3 aromatic carbocycles. The normalized spacial score (nSPS) is 11.2. The number of benzene rings is 3. The average molecular weight is 336 g/mol. The van der Waals surface area contributed by atoms with Crippen molar-refractivity contribution >= 4 is 5.57 Å². The molecule has 0 nitrogen and oxygen atoms in total. The molecule has 0 aliphatic heterocycles. The zero-order valence-corrected chi connectivity index (χ0v) is 15.1. The van der Waals surface area contributed by atoms with Crippen LogP contribution >= 0.6 is 0 Å². The Kier molecular flexibility index (Phi) is 6.01. The summed E-state index contributed by atoms with van der Waals surface area (Å²) in [4.78, 5) is 0. The summed E-state index contributed by atoms with van der Waals surface area (Å²) in [6, 6.07) is 28.1. The molecule has 0 aliphatic rings. The maximum Gasteiger partial charge on any atom is -0.0184 e. The molecule has 0 saturated heterocycles. The third-order valence-electron chi connectivity index (χ3n) is 4.57. The van der Waals surface area contributed by atoms with E-state index in [0.717, 1.165) is 18.4 Å². The first-order valence-corrected chi connectivity index (χ1v) is 8.99. The summed E-state index contributed by atoms with van der Waals surface area (Å²) in [5.41, 5.74) is 7.53. The van der Waals surface area contributed by atoms with Crippen LogP contribution in [0.4, 0.5) is 0 Å². The molecule has 0 saturated carbocycles. The maximum absolute atomic E-state index is 3.87. The van der Waals surface area contributed by atoms with E-state index in [1.54, 1.807) is 6.08 Å². The van der Waals surface area contributed by atoms with Crippen molar-refractivity contribution in [3.05, 3.63) is 127 Å². The van der Waals surface area contributed by atoms with Gasteiger partial charge in [0.25, 0.3) is 0 Å². The molecule has 0 heteroatoms. The fraction of sp³-hybridized carbons (Fsp3) is 0.0769. The van der Waals surface area contributed by atoms with E-state index in [9.17, 15) is 0 Å². The third kappa shape index (κ3) is 4.49. The zero-order valence-electron chi connectivity index (χ0n) is 15.1. The lowest BCUT2D eigenvalue weighted by molar-refractivity contribution is 0.960. The summed E-state index contributed by atoms with van der Waals surface area (Å²) in [6.45, 7) is 7.62. The van der Waals surface area contributed by atoms with Gasteiger partial charge in [-0.15, -0.1) is 0 Å². The predicted molar refractivity (Wildman–Crippen MR) is 114 cm³/mol. The Hall–Kier alpha value is -3.12. The quantitative estimate of drug-likeness (QED) is 0.412. The summed E-state index contributed by atoms with van der Waals surface area (Å²) >= 11 is 0. The standard InChI is InChI=1S/C26H24/c1-3-8-23(4-2)25-17-13-21(14-18-25)11-12-22-15-19-26(20-16-22)24-9-6-5-7-10-24/h3-10,13-20H,1-2,11-12H2/b23-8+. The van der Waals surface area contributed by atoms with Crippen LogP contribution in [0.5, 0.6) is 0 Å². The summed E-state index contributed by atoms with van der Waals surface area (Å²) in [5.74, 6) is 0. The molecule has 0 unspecified atom stereocenters. The van der Waals surface area contributed by atoms with E-state index in [1.807, 2.05) is 18.2 Å². The van der Waals surface area contributed by atoms with Gasteiger partial charge in [-0.3, -0.25) is 0 Å². The first kappa shape index (κ1) is 17.7. The Balaban J connectivity index is 1.63. The molecule has 128 valence electrons. The van der Waals surface area contributed by atoms with Crippen molar-refractivity contribution in [2.24, 2.45) is 0 Å². The van der Waals surface area contributed by atoms with Crippen molar-refractivity contribution in [3.63, 3.8) is 0 Å². The van der Waals surface area contributed by atoms with Crippen LogP contribution < -0.4 is 0 Å². The van der Waals surface area contributed by atoms with E-state index in [2.05, 4.69) is 86.0 Å². The van der Waals surface area contributed by atoms with Gasteiger partial charge in [0.1, 0.15) is 0 Å². The van der Waals surface area contributed by atoms with Crippen molar-refractivity contribution in [1.82, 2.24) is 0 Å². The maximum atomic E-state index is 3.87. The molecule has 0 amide bonds. The molecule has 26 heavy (non-hydrogen) atoms. The van der Waals surface area contributed by atoms with Crippen molar-refractivity contribution in [3.8, 4) is 11.1 Å². The van der Waals surface area contributed by atoms with Crippen LogP contribution in [0.2, 0.25) is 0 Å². The SMILES string of the molecule is C=C/C=C(\C=C)c1ccc(CCc2ccc(-c3ccccc3)cc2)cc1. The molecule has 0 atom stereocenters. The van der Waals surface area contributed by atoms with Gasteiger partial charge in [0.2, 0.25) is 0 Å². The fourth-order valence-electron chi connectivity index (χ4n) is 3.06. The highest BCUT2D eigenvalue weighted by Gasteiger charge is 2.01. The highest BCUT2D eigenvalue weighted by atomic mass is 14.1. The van der Waals surface area contributed by atoms with Crippen LogP contribution in [-0.4, -0.2) is 0 Å². The summed E-state index contributed by atoms with van der Waals surface area (Å²) in [7, 11) is 0. The van der Waals surface area contributed by atoms with Gasteiger partial charge in [-0.25, -0.2) is 0 Å². The van der Waals surface area contributed by atoms with Gasteiger partial charge in [-0.05, 0) is 46.2 Å². The van der Waals surface area contributed by atoms with Crippen LogP contribution in [0, 0.1) is 0 Å². The third-order valence-corrected chi connectivity index (χ3v) is 4.57. The molecular formula is C26H24. The smallest absolute Gasteiger partial charge is 0.0184 e. The van der Waals surface area contributed by atoms with Gasteiger partial charge in [-0.2, -0.15) is 0 Å². The number of hydrogen-bond acceptors (Lipinski definition) is 0. The van der Waals surface area contributed by atoms with Gasteiger partial charge in [0, 0.05) is 0 Å². The summed E-state index contributed by atoms with van der Waals surface area (Å²) in [5, 5.41) is 0. The first-order valence-electron chi connectivity index (χ1n) is 8.99. The first-order chi connectivity index (χ1) is 12.8. The Morgan fingerprint density at radius 3 is 1.73 bits per heavy atom.